The van der Waals surface area contributed by atoms with E-state index >= 15 is 0 Å². The molecule has 2 heterocycles. The normalized spacial score (nSPS) is 20.9. The first kappa shape index (κ1) is 16.0. The van der Waals surface area contributed by atoms with Crippen LogP contribution in [-0.2, 0) is 9.31 Å². The van der Waals surface area contributed by atoms with Gasteiger partial charge in [-0.2, -0.15) is 0 Å². The van der Waals surface area contributed by atoms with Crippen LogP contribution in [0.25, 0.3) is 6.08 Å². The van der Waals surface area contributed by atoms with Crippen LogP contribution in [-0.4, -0.2) is 29.8 Å². The molecular formula is C15H23BN2O3. The number of hydrogen-bond donors (Lipinski definition) is 2. The number of aryl methyl sites for hydroxylation is 1. The second-order valence-electron chi connectivity index (χ2n) is 6.45. The molecule has 3 N–H and O–H groups in total. The molecule has 1 fully saturated rings. The lowest BCUT2D eigenvalue weighted by molar-refractivity contribution is 0.00578. The zero-order valence-corrected chi connectivity index (χ0v) is 13.3. The smallest absolute Gasteiger partial charge is 0.400 e. The summed E-state index contributed by atoms with van der Waals surface area (Å²) >= 11 is 0. The van der Waals surface area contributed by atoms with Gasteiger partial charge in [-0.05, 0) is 51.2 Å². The maximum absolute atomic E-state index is 11.3. The lowest BCUT2D eigenvalue weighted by atomic mass is 9.77. The fourth-order valence-electron chi connectivity index (χ4n) is 2.16. The van der Waals surface area contributed by atoms with Crippen LogP contribution < -0.4 is 11.3 Å². The van der Waals surface area contributed by atoms with E-state index in [2.05, 4.69) is 4.98 Å². The highest BCUT2D eigenvalue weighted by molar-refractivity contribution is 6.55. The number of H-pyrrole nitrogens is 1. The molecule has 1 aromatic heterocycles. The molecule has 0 aliphatic carbocycles. The lowest BCUT2D eigenvalue weighted by Gasteiger charge is -2.32. The van der Waals surface area contributed by atoms with Crippen LogP contribution in [0.5, 0.6) is 0 Å². The number of aromatic nitrogens is 1. The van der Waals surface area contributed by atoms with Gasteiger partial charge in [-0.1, -0.05) is 6.08 Å². The van der Waals surface area contributed by atoms with Gasteiger partial charge in [0.1, 0.15) is 0 Å². The molecule has 1 aromatic rings. The SMILES string of the molecule is Cc1cc(=O)[nH]cc1C=C(CN)B1OC(C)(C)C(C)(C)O1. The number of rotatable bonds is 3. The largest absolute Gasteiger partial charge is 0.491 e. The monoisotopic (exact) mass is 290 g/mol. The van der Waals surface area contributed by atoms with Gasteiger partial charge < -0.3 is 20.0 Å². The third-order valence-electron chi connectivity index (χ3n) is 4.31. The molecule has 0 aromatic carbocycles. The first-order valence-electron chi connectivity index (χ1n) is 7.12. The van der Waals surface area contributed by atoms with E-state index in [1.165, 1.54) is 0 Å². The van der Waals surface area contributed by atoms with Crippen molar-refractivity contribution in [2.75, 3.05) is 6.54 Å². The summed E-state index contributed by atoms with van der Waals surface area (Å²) in [6.45, 7) is 10.2. The Morgan fingerprint density at radius 1 is 1.33 bits per heavy atom. The zero-order chi connectivity index (χ0) is 15.8. The van der Waals surface area contributed by atoms with Crippen molar-refractivity contribution in [3.8, 4) is 0 Å². The maximum atomic E-state index is 11.3. The quantitative estimate of drug-likeness (QED) is 0.830. The van der Waals surface area contributed by atoms with Gasteiger partial charge in [0.2, 0.25) is 5.56 Å². The van der Waals surface area contributed by atoms with E-state index in [0.29, 0.717) is 6.54 Å². The average molecular weight is 290 g/mol. The topological polar surface area (TPSA) is 77.3 Å². The fourth-order valence-corrected chi connectivity index (χ4v) is 2.16. The van der Waals surface area contributed by atoms with Crippen LogP contribution in [0.1, 0.15) is 38.8 Å². The molecule has 1 aliphatic heterocycles. The predicted molar refractivity (Wildman–Crippen MR) is 84.9 cm³/mol. The highest BCUT2D eigenvalue weighted by Gasteiger charge is 2.52. The molecule has 0 spiro atoms. The Labute approximate surface area is 125 Å². The molecule has 0 atom stereocenters. The molecule has 0 saturated carbocycles. The summed E-state index contributed by atoms with van der Waals surface area (Å²) in [4.78, 5) is 13.9. The molecule has 0 unspecified atom stereocenters. The summed E-state index contributed by atoms with van der Waals surface area (Å²) < 4.78 is 12.0. The highest BCUT2D eigenvalue weighted by atomic mass is 16.7. The van der Waals surface area contributed by atoms with Crippen molar-refractivity contribution in [2.24, 2.45) is 5.73 Å². The van der Waals surface area contributed by atoms with Crippen LogP contribution in [0.15, 0.2) is 22.5 Å². The first-order valence-corrected chi connectivity index (χ1v) is 7.12. The molecule has 6 heteroatoms. The van der Waals surface area contributed by atoms with Gasteiger partial charge in [-0.25, -0.2) is 0 Å². The van der Waals surface area contributed by atoms with E-state index < -0.39 is 18.3 Å². The summed E-state index contributed by atoms with van der Waals surface area (Å²) in [5, 5.41) is 0. The molecular weight excluding hydrogens is 267 g/mol. The van der Waals surface area contributed by atoms with Crippen molar-refractivity contribution < 1.29 is 9.31 Å². The summed E-state index contributed by atoms with van der Waals surface area (Å²) in [6.07, 6.45) is 3.60. The molecule has 114 valence electrons. The van der Waals surface area contributed by atoms with E-state index in [4.69, 9.17) is 15.0 Å². The van der Waals surface area contributed by atoms with Gasteiger partial charge in [-0.3, -0.25) is 4.79 Å². The molecule has 1 aliphatic rings. The van der Waals surface area contributed by atoms with E-state index in [1.807, 2.05) is 40.7 Å². The summed E-state index contributed by atoms with van der Waals surface area (Å²) in [6, 6.07) is 1.56. The van der Waals surface area contributed by atoms with E-state index in [9.17, 15) is 4.79 Å². The maximum Gasteiger partial charge on any atom is 0.491 e. The number of aromatic amines is 1. The van der Waals surface area contributed by atoms with Crippen molar-refractivity contribution >= 4 is 13.2 Å². The minimum Gasteiger partial charge on any atom is -0.400 e. The Balaban J connectivity index is 2.33. The van der Waals surface area contributed by atoms with Crippen LogP contribution in [0.4, 0.5) is 0 Å². The molecule has 0 bridgehead atoms. The standard InChI is InChI=1S/C15H23BN2O3/c1-10-6-13(19)18-9-11(10)7-12(8-17)16-20-14(2,3)15(4,5)21-16/h6-7,9H,8,17H2,1-5H3,(H,18,19). The molecule has 0 radical (unpaired) electrons. The second kappa shape index (κ2) is 5.44. The molecule has 21 heavy (non-hydrogen) atoms. The Morgan fingerprint density at radius 3 is 2.38 bits per heavy atom. The van der Waals surface area contributed by atoms with Crippen molar-refractivity contribution in [3.05, 3.63) is 39.2 Å². The summed E-state index contributed by atoms with van der Waals surface area (Å²) in [5.41, 5.74) is 7.60. The summed E-state index contributed by atoms with van der Waals surface area (Å²) in [5.74, 6) is 0. The third-order valence-corrected chi connectivity index (χ3v) is 4.31. The predicted octanol–water partition coefficient (Wildman–Crippen LogP) is 1.66. The summed E-state index contributed by atoms with van der Waals surface area (Å²) in [7, 11) is -0.466. The van der Waals surface area contributed by atoms with Crippen molar-refractivity contribution in [3.63, 3.8) is 0 Å². The minimum atomic E-state index is -0.466. The molecule has 5 nitrogen and oxygen atoms in total. The average Bonchev–Trinajstić information content (AvgIpc) is 2.57. The number of nitrogens with two attached hydrogens (primary N) is 1. The number of hydrogen-bond acceptors (Lipinski definition) is 4. The van der Waals surface area contributed by atoms with Crippen LogP contribution in [0.3, 0.4) is 0 Å². The van der Waals surface area contributed by atoms with Crippen LogP contribution >= 0.6 is 0 Å². The highest BCUT2D eigenvalue weighted by Crippen LogP contribution is 2.38. The number of pyridine rings is 1. The van der Waals surface area contributed by atoms with Gasteiger partial charge in [-0.15, -0.1) is 0 Å². The Bertz CT molecular complexity index is 604. The fraction of sp³-hybridized carbons (Fsp3) is 0.533. The minimum absolute atomic E-state index is 0.116. The van der Waals surface area contributed by atoms with Crippen molar-refractivity contribution in [2.45, 2.75) is 45.8 Å². The van der Waals surface area contributed by atoms with E-state index in [1.54, 1.807) is 12.3 Å². The van der Waals surface area contributed by atoms with Crippen LogP contribution in [0.2, 0.25) is 0 Å². The zero-order valence-electron chi connectivity index (χ0n) is 13.3. The Morgan fingerprint density at radius 2 is 1.90 bits per heavy atom. The second-order valence-corrected chi connectivity index (χ2v) is 6.45. The van der Waals surface area contributed by atoms with E-state index in [0.717, 1.165) is 16.6 Å². The lowest BCUT2D eigenvalue weighted by Crippen LogP contribution is -2.41. The number of nitrogens with one attached hydrogen (secondary N) is 1. The van der Waals surface area contributed by atoms with Gasteiger partial charge in [0.25, 0.3) is 0 Å². The van der Waals surface area contributed by atoms with Gasteiger partial charge in [0.15, 0.2) is 0 Å². The molecule has 1 saturated heterocycles. The van der Waals surface area contributed by atoms with Crippen molar-refractivity contribution in [1.82, 2.24) is 4.98 Å². The van der Waals surface area contributed by atoms with Gasteiger partial charge in [0.05, 0.1) is 11.2 Å². The Hall–Kier alpha value is -1.37. The first-order chi connectivity index (χ1) is 9.66. The molecule has 2 rings (SSSR count). The van der Waals surface area contributed by atoms with Gasteiger partial charge >= 0.3 is 7.12 Å². The van der Waals surface area contributed by atoms with E-state index in [-0.39, 0.29) is 5.56 Å². The van der Waals surface area contributed by atoms with Crippen molar-refractivity contribution in [1.29, 1.82) is 0 Å². The van der Waals surface area contributed by atoms with Gasteiger partial charge in [0, 0.05) is 18.8 Å². The third kappa shape index (κ3) is 3.12. The molecule has 0 amide bonds. The Kier molecular flexibility index (Phi) is 4.15. The van der Waals surface area contributed by atoms with Crippen LogP contribution in [0, 0.1) is 6.92 Å².